The number of amides is 2. The summed E-state index contributed by atoms with van der Waals surface area (Å²) in [6.45, 7) is 5.10. The predicted octanol–water partition coefficient (Wildman–Crippen LogP) is 4.36. The molecule has 5 rings (SSSR count). The highest BCUT2D eigenvalue weighted by molar-refractivity contribution is 5.90. The zero-order chi connectivity index (χ0) is 21.9. The number of aryl methyl sites for hydroxylation is 1. The van der Waals surface area contributed by atoms with Crippen molar-refractivity contribution in [1.29, 1.82) is 0 Å². The Morgan fingerprint density at radius 2 is 1.78 bits per heavy atom. The summed E-state index contributed by atoms with van der Waals surface area (Å²) in [5.41, 5.74) is 4.52. The molecule has 0 saturated carbocycles. The number of nitrogens with one attached hydrogen (secondary N) is 2. The maximum absolute atomic E-state index is 13.2. The number of para-hydroxylation sites is 1. The van der Waals surface area contributed by atoms with E-state index in [4.69, 9.17) is 5.10 Å². The van der Waals surface area contributed by atoms with Crippen LogP contribution >= 0.6 is 0 Å². The molecule has 3 aromatic rings. The largest absolute Gasteiger partial charge is 0.333 e. The van der Waals surface area contributed by atoms with Gasteiger partial charge in [0.1, 0.15) is 5.82 Å². The van der Waals surface area contributed by atoms with Crippen molar-refractivity contribution in [3.8, 4) is 5.69 Å². The SMILES string of the molecule is CCCN1C[C@@H](NC(=O)Nc2c3c(nn2-c2ccccc2)CCC3)[C@H](c2ccccc2)C1. The van der Waals surface area contributed by atoms with Gasteiger partial charge in [-0.05, 0) is 49.9 Å². The van der Waals surface area contributed by atoms with Gasteiger partial charge >= 0.3 is 6.03 Å². The Labute approximate surface area is 189 Å². The van der Waals surface area contributed by atoms with Crippen molar-refractivity contribution >= 4 is 11.8 Å². The molecule has 2 aromatic carbocycles. The van der Waals surface area contributed by atoms with E-state index in [2.05, 4.69) is 46.7 Å². The average molecular weight is 430 g/mol. The van der Waals surface area contributed by atoms with E-state index in [-0.39, 0.29) is 12.1 Å². The minimum atomic E-state index is -0.152. The van der Waals surface area contributed by atoms with Crippen molar-refractivity contribution in [2.75, 3.05) is 25.0 Å². The van der Waals surface area contributed by atoms with E-state index < -0.39 is 0 Å². The average Bonchev–Trinajstić information content (AvgIpc) is 3.51. The van der Waals surface area contributed by atoms with Gasteiger partial charge < -0.3 is 10.2 Å². The number of likely N-dealkylation sites (tertiary alicyclic amines) is 1. The number of nitrogens with zero attached hydrogens (tertiary/aromatic N) is 3. The molecule has 2 amide bonds. The Morgan fingerprint density at radius 1 is 1.03 bits per heavy atom. The first-order valence-electron chi connectivity index (χ1n) is 11.7. The predicted molar refractivity (Wildman–Crippen MR) is 127 cm³/mol. The summed E-state index contributed by atoms with van der Waals surface area (Å²) in [6, 6.07) is 20.5. The number of aromatic nitrogens is 2. The second-order valence-corrected chi connectivity index (χ2v) is 8.86. The smallest absolute Gasteiger partial charge is 0.320 e. The molecule has 2 atom stereocenters. The van der Waals surface area contributed by atoms with Crippen LogP contribution in [0.4, 0.5) is 10.6 Å². The Kier molecular flexibility index (Phi) is 5.95. The molecule has 1 saturated heterocycles. The number of hydrogen-bond acceptors (Lipinski definition) is 3. The lowest BCUT2D eigenvalue weighted by Crippen LogP contribution is -2.42. The molecule has 0 radical (unpaired) electrons. The standard InChI is InChI=1S/C26H31N5O/c1-2-16-30-17-22(19-10-5-3-6-11-19)24(18-30)27-26(32)28-25-21-14-9-15-23(21)29-31(25)20-12-7-4-8-13-20/h3-8,10-13,22,24H,2,9,14-18H2,1H3,(H2,27,28,32)/t22-,24+/m0/s1. The number of anilines is 1. The molecule has 1 aliphatic carbocycles. The molecule has 6 heteroatoms. The van der Waals surface area contributed by atoms with Crippen LogP contribution in [0.3, 0.4) is 0 Å². The maximum Gasteiger partial charge on any atom is 0.320 e. The Bertz CT molecular complexity index is 1060. The highest BCUT2D eigenvalue weighted by Crippen LogP contribution is 2.31. The van der Waals surface area contributed by atoms with Crippen molar-refractivity contribution in [3.05, 3.63) is 77.5 Å². The van der Waals surface area contributed by atoms with Crippen molar-refractivity contribution < 1.29 is 4.79 Å². The van der Waals surface area contributed by atoms with Gasteiger partial charge in [-0.3, -0.25) is 5.32 Å². The molecule has 1 fully saturated rings. The third-order valence-corrected chi connectivity index (χ3v) is 6.62. The van der Waals surface area contributed by atoms with E-state index >= 15 is 0 Å². The number of benzene rings is 2. The normalized spacial score (nSPS) is 20.3. The summed E-state index contributed by atoms with van der Waals surface area (Å²) >= 11 is 0. The zero-order valence-electron chi connectivity index (χ0n) is 18.6. The van der Waals surface area contributed by atoms with E-state index in [0.717, 1.165) is 62.5 Å². The van der Waals surface area contributed by atoms with Crippen LogP contribution in [0.1, 0.15) is 42.5 Å². The number of carbonyl (C=O) groups excluding carboxylic acids is 1. The molecule has 166 valence electrons. The lowest BCUT2D eigenvalue weighted by molar-refractivity contribution is 0.247. The molecular weight excluding hydrogens is 398 g/mol. The first-order chi connectivity index (χ1) is 15.7. The number of carbonyl (C=O) groups is 1. The van der Waals surface area contributed by atoms with Gasteiger partial charge in [0.15, 0.2) is 0 Å². The van der Waals surface area contributed by atoms with Crippen molar-refractivity contribution in [3.63, 3.8) is 0 Å². The summed E-state index contributed by atoms with van der Waals surface area (Å²) in [5.74, 6) is 1.10. The minimum absolute atomic E-state index is 0.0742. The first kappa shape index (κ1) is 20.8. The van der Waals surface area contributed by atoms with Crippen LogP contribution in [0.15, 0.2) is 60.7 Å². The van der Waals surface area contributed by atoms with Gasteiger partial charge in [-0.15, -0.1) is 0 Å². The summed E-state index contributed by atoms with van der Waals surface area (Å²) in [5, 5.41) is 11.3. The number of rotatable bonds is 6. The maximum atomic E-state index is 13.2. The van der Waals surface area contributed by atoms with Gasteiger partial charge in [0.05, 0.1) is 17.4 Å². The van der Waals surface area contributed by atoms with E-state index in [0.29, 0.717) is 5.92 Å². The molecule has 32 heavy (non-hydrogen) atoms. The van der Waals surface area contributed by atoms with Crippen LogP contribution in [0.5, 0.6) is 0 Å². The molecule has 0 spiro atoms. The number of hydrogen-bond donors (Lipinski definition) is 2. The van der Waals surface area contributed by atoms with Gasteiger partial charge in [-0.25, -0.2) is 9.48 Å². The molecule has 6 nitrogen and oxygen atoms in total. The van der Waals surface area contributed by atoms with Crippen molar-refractivity contribution in [1.82, 2.24) is 20.0 Å². The Morgan fingerprint density at radius 3 is 2.53 bits per heavy atom. The summed E-state index contributed by atoms with van der Waals surface area (Å²) in [6.07, 6.45) is 4.13. The lowest BCUT2D eigenvalue weighted by atomic mass is 9.94. The fourth-order valence-electron chi connectivity index (χ4n) is 5.16. The first-order valence-corrected chi connectivity index (χ1v) is 11.7. The fourth-order valence-corrected chi connectivity index (χ4v) is 5.16. The van der Waals surface area contributed by atoms with Crippen LogP contribution in [-0.2, 0) is 12.8 Å². The van der Waals surface area contributed by atoms with E-state index in [1.165, 1.54) is 11.1 Å². The molecule has 0 bridgehead atoms. The molecule has 2 heterocycles. The van der Waals surface area contributed by atoms with Gasteiger partial charge in [0.25, 0.3) is 0 Å². The zero-order valence-corrected chi connectivity index (χ0v) is 18.6. The lowest BCUT2D eigenvalue weighted by Gasteiger charge is -2.21. The monoisotopic (exact) mass is 429 g/mol. The van der Waals surface area contributed by atoms with Crippen LogP contribution in [0.25, 0.3) is 5.69 Å². The van der Waals surface area contributed by atoms with Crippen LogP contribution in [0.2, 0.25) is 0 Å². The van der Waals surface area contributed by atoms with Crippen molar-refractivity contribution in [2.45, 2.75) is 44.6 Å². The molecular formula is C26H31N5O. The third kappa shape index (κ3) is 4.15. The van der Waals surface area contributed by atoms with Crippen molar-refractivity contribution in [2.24, 2.45) is 0 Å². The highest BCUT2D eigenvalue weighted by Gasteiger charge is 2.35. The second kappa shape index (κ2) is 9.17. The van der Waals surface area contributed by atoms with Crippen LogP contribution in [0, 0.1) is 0 Å². The number of urea groups is 1. The minimum Gasteiger partial charge on any atom is -0.333 e. The Hall–Kier alpha value is -3.12. The van der Waals surface area contributed by atoms with Gasteiger partial charge in [-0.1, -0.05) is 55.5 Å². The van der Waals surface area contributed by atoms with Crippen LogP contribution < -0.4 is 10.6 Å². The van der Waals surface area contributed by atoms with E-state index in [1.807, 2.05) is 41.1 Å². The Balaban J connectivity index is 1.36. The van der Waals surface area contributed by atoms with E-state index in [9.17, 15) is 4.79 Å². The number of fused-ring (bicyclic) bond motifs is 1. The molecule has 2 N–H and O–H groups in total. The highest BCUT2D eigenvalue weighted by atomic mass is 16.2. The summed E-state index contributed by atoms with van der Waals surface area (Å²) in [4.78, 5) is 15.7. The topological polar surface area (TPSA) is 62.2 Å². The quantitative estimate of drug-likeness (QED) is 0.612. The third-order valence-electron chi connectivity index (χ3n) is 6.62. The second-order valence-electron chi connectivity index (χ2n) is 8.86. The van der Waals surface area contributed by atoms with Gasteiger partial charge in [0, 0.05) is 24.6 Å². The van der Waals surface area contributed by atoms with Gasteiger partial charge in [0.2, 0.25) is 0 Å². The van der Waals surface area contributed by atoms with E-state index in [1.54, 1.807) is 0 Å². The molecule has 1 aromatic heterocycles. The summed E-state index contributed by atoms with van der Waals surface area (Å²) < 4.78 is 1.89. The molecule has 0 unspecified atom stereocenters. The van der Waals surface area contributed by atoms with Gasteiger partial charge in [-0.2, -0.15) is 5.10 Å². The molecule has 2 aliphatic rings. The summed E-state index contributed by atoms with van der Waals surface area (Å²) in [7, 11) is 0. The fraction of sp³-hybridized carbons (Fsp3) is 0.385. The van der Waals surface area contributed by atoms with Crippen LogP contribution in [-0.4, -0.2) is 46.4 Å². The molecule has 1 aliphatic heterocycles.